The summed E-state index contributed by atoms with van der Waals surface area (Å²) in [4.78, 5) is 4.97. The van der Waals surface area contributed by atoms with Crippen LogP contribution >= 0.6 is 0 Å². The van der Waals surface area contributed by atoms with E-state index in [2.05, 4.69) is 36.1 Å². The van der Waals surface area contributed by atoms with Gasteiger partial charge in [0.25, 0.3) is 0 Å². The fraction of sp³-hybridized carbons (Fsp3) is 1.00. The molecule has 3 fully saturated rings. The molecule has 1 heterocycles. The van der Waals surface area contributed by atoms with Crippen molar-refractivity contribution in [3.8, 4) is 0 Å². The van der Waals surface area contributed by atoms with E-state index in [1.54, 1.807) is 0 Å². The molecule has 4 nitrogen and oxygen atoms in total. The fourth-order valence-corrected chi connectivity index (χ4v) is 4.32. The SMILES string of the molecule is CCOC1CC(NCC2CN(C)CCN2C)C12CCC2. The van der Waals surface area contributed by atoms with E-state index in [-0.39, 0.29) is 0 Å². The number of ether oxygens (including phenoxy) is 1. The van der Waals surface area contributed by atoms with Crippen molar-refractivity contribution in [2.24, 2.45) is 5.41 Å². The lowest BCUT2D eigenvalue weighted by Gasteiger charge is -2.61. The highest BCUT2D eigenvalue weighted by atomic mass is 16.5. The molecule has 3 unspecified atom stereocenters. The van der Waals surface area contributed by atoms with Crippen molar-refractivity contribution < 1.29 is 4.74 Å². The summed E-state index contributed by atoms with van der Waals surface area (Å²) in [6.45, 7) is 7.71. The van der Waals surface area contributed by atoms with Crippen molar-refractivity contribution in [2.75, 3.05) is 46.9 Å². The Kier molecular flexibility index (Phi) is 4.37. The lowest BCUT2D eigenvalue weighted by Crippen LogP contribution is -2.68. The highest BCUT2D eigenvalue weighted by Gasteiger charge is 2.58. The fourth-order valence-electron chi connectivity index (χ4n) is 4.32. The maximum atomic E-state index is 5.94. The quantitative estimate of drug-likeness (QED) is 0.819. The van der Waals surface area contributed by atoms with E-state index in [4.69, 9.17) is 4.74 Å². The molecule has 0 aromatic carbocycles. The summed E-state index contributed by atoms with van der Waals surface area (Å²) in [5, 5.41) is 3.87. The van der Waals surface area contributed by atoms with Crippen molar-refractivity contribution >= 4 is 0 Å². The maximum Gasteiger partial charge on any atom is 0.0661 e. The van der Waals surface area contributed by atoms with Gasteiger partial charge >= 0.3 is 0 Å². The summed E-state index contributed by atoms with van der Waals surface area (Å²) in [6, 6.07) is 1.37. The first-order valence-corrected chi connectivity index (χ1v) is 8.39. The topological polar surface area (TPSA) is 27.7 Å². The van der Waals surface area contributed by atoms with E-state index < -0.39 is 0 Å². The zero-order valence-corrected chi connectivity index (χ0v) is 13.4. The van der Waals surface area contributed by atoms with Gasteiger partial charge in [0.2, 0.25) is 0 Å². The number of rotatable bonds is 5. The second-order valence-corrected chi connectivity index (χ2v) is 7.12. The van der Waals surface area contributed by atoms with E-state index in [0.717, 1.165) is 13.2 Å². The predicted octanol–water partition coefficient (Wildman–Crippen LogP) is 1.17. The van der Waals surface area contributed by atoms with Crippen molar-refractivity contribution in [2.45, 2.75) is 50.8 Å². The normalized spacial score (nSPS) is 37.6. The predicted molar refractivity (Wildman–Crippen MR) is 82.0 cm³/mol. The minimum atomic E-state index is 0.495. The molecule has 0 radical (unpaired) electrons. The van der Waals surface area contributed by atoms with Crippen LogP contribution in [0.4, 0.5) is 0 Å². The molecule has 20 heavy (non-hydrogen) atoms. The molecule has 1 saturated heterocycles. The molecule has 116 valence electrons. The summed E-state index contributed by atoms with van der Waals surface area (Å²) in [6.07, 6.45) is 5.89. The van der Waals surface area contributed by atoms with Crippen LogP contribution in [-0.2, 0) is 4.74 Å². The third-order valence-corrected chi connectivity index (χ3v) is 6.02. The molecular formula is C16H31N3O. The Morgan fingerprint density at radius 3 is 2.70 bits per heavy atom. The van der Waals surface area contributed by atoms with Gasteiger partial charge in [0, 0.05) is 50.3 Å². The molecule has 0 aromatic heterocycles. The van der Waals surface area contributed by atoms with Crippen LogP contribution < -0.4 is 5.32 Å². The van der Waals surface area contributed by atoms with E-state index >= 15 is 0 Å². The average molecular weight is 281 g/mol. The highest BCUT2D eigenvalue weighted by molar-refractivity contribution is 5.12. The molecule has 3 rings (SSSR count). The maximum absolute atomic E-state index is 5.94. The van der Waals surface area contributed by atoms with Crippen LogP contribution in [0.5, 0.6) is 0 Å². The van der Waals surface area contributed by atoms with E-state index in [1.165, 1.54) is 45.3 Å². The smallest absolute Gasteiger partial charge is 0.0661 e. The Hall–Kier alpha value is -0.160. The molecule has 4 heteroatoms. The summed E-state index contributed by atoms with van der Waals surface area (Å²) in [5.41, 5.74) is 0.495. The van der Waals surface area contributed by atoms with Crippen molar-refractivity contribution in [1.29, 1.82) is 0 Å². The first kappa shape index (κ1) is 14.8. The van der Waals surface area contributed by atoms with Gasteiger partial charge in [-0.05, 0) is 40.3 Å². The van der Waals surface area contributed by atoms with Crippen LogP contribution in [-0.4, -0.2) is 74.9 Å². The highest BCUT2D eigenvalue weighted by Crippen LogP contribution is 2.57. The molecule has 2 saturated carbocycles. The summed E-state index contributed by atoms with van der Waals surface area (Å²) in [7, 11) is 4.50. The van der Waals surface area contributed by atoms with Gasteiger partial charge in [0.15, 0.2) is 0 Å². The Morgan fingerprint density at radius 2 is 2.05 bits per heavy atom. The molecule has 2 aliphatic carbocycles. The van der Waals surface area contributed by atoms with Crippen LogP contribution in [0.15, 0.2) is 0 Å². The van der Waals surface area contributed by atoms with Crippen LogP contribution in [0, 0.1) is 5.41 Å². The molecular weight excluding hydrogens is 250 g/mol. The van der Waals surface area contributed by atoms with Gasteiger partial charge in [-0.3, -0.25) is 4.90 Å². The van der Waals surface area contributed by atoms with Crippen LogP contribution in [0.25, 0.3) is 0 Å². The third kappa shape index (κ3) is 2.52. The van der Waals surface area contributed by atoms with Crippen LogP contribution in [0.1, 0.15) is 32.6 Å². The van der Waals surface area contributed by atoms with Gasteiger partial charge in [-0.15, -0.1) is 0 Å². The second-order valence-electron chi connectivity index (χ2n) is 7.12. The van der Waals surface area contributed by atoms with E-state index in [9.17, 15) is 0 Å². The molecule has 3 atom stereocenters. The second kappa shape index (κ2) is 5.91. The molecule has 1 aliphatic heterocycles. The van der Waals surface area contributed by atoms with E-state index in [0.29, 0.717) is 23.6 Å². The number of likely N-dealkylation sites (N-methyl/N-ethyl adjacent to an activating group) is 2. The number of hydrogen-bond acceptors (Lipinski definition) is 4. The molecule has 1 spiro atoms. The molecule has 3 aliphatic rings. The Morgan fingerprint density at radius 1 is 1.25 bits per heavy atom. The zero-order chi connectivity index (χ0) is 14.2. The van der Waals surface area contributed by atoms with Crippen molar-refractivity contribution in [3.63, 3.8) is 0 Å². The number of piperazine rings is 1. The minimum Gasteiger partial charge on any atom is -0.378 e. The van der Waals surface area contributed by atoms with Gasteiger partial charge in [-0.1, -0.05) is 6.42 Å². The van der Waals surface area contributed by atoms with Crippen LogP contribution in [0.2, 0.25) is 0 Å². The number of nitrogens with one attached hydrogen (secondary N) is 1. The largest absolute Gasteiger partial charge is 0.378 e. The van der Waals surface area contributed by atoms with Crippen molar-refractivity contribution in [1.82, 2.24) is 15.1 Å². The number of nitrogens with zero attached hydrogens (tertiary/aromatic N) is 2. The zero-order valence-electron chi connectivity index (χ0n) is 13.4. The van der Waals surface area contributed by atoms with Crippen LogP contribution in [0.3, 0.4) is 0 Å². The van der Waals surface area contributed by atoms with Gasteiger partial charge < -0.3 is 15.0 Å². The molecule has 1 N–H and O–H groups in total. The third-order valence-electron chi connectivity index (χ3n) is 6.02. The van der Waals surface area contributed by atoms with Gasteiger partial charge in [0.05, 0.1) is 6.10 Å². The monoisotopic (exact) mass is 281 g/mol. The Labute approximate surface area is 123 Å². The van der Waals surface area contributed by atoms with E-state index in [1.807, 2.05) is 0 Å². The summed E-state index contributed by atoms with van der Waals surface area (Å²) >= 11 is 0. The minimum absolute atomic E-state index is 0.495. The first-order chi connectivity index (χ1) is 9.65. The standard InChI is InChI=1S/C16H31N3O/c1-4-20-15-10-14(16(15)6-5-7-16)17-11-13-12-18(2)8-9-19(13)3/h13-15,17H,4-12H2,1-3H3. The van der Waals surface area contributed by atoms with Crippen molar-refractivity contribution in [3.05, 3.63) is 0 Å². The van der Waals surface area contributed by atoms with Gasteiger partial charge in [-0.2, -0.15) is 0 Å². The Balaban J connectivity index is 1.49. The lowest BCUT2D eigenvalue weighted by molar-refractivity contribution is -0.173. The molecule has 0 aromatic rings. The molecule has 0 amide bonds. The number of hydrogen-bond donors (Lipinski definition) is 1. The summed E-state index contributed by atoms with van der Waals surface area (Å²) in [5.74, 6) is 0. The lowest BCUT2D eigenvalue weighted by atomic mass is 9.51. The van der Waals surface area contributed by atoms with Gasteiger partial charge in [-0.25, -0.2) is 0 Å². The van der Waals surface area contributed by atoms with Gasteiger partial charge in [0.1, 0.15) is 0 Å². The first-order valence-electron chi connectivity index (χ1n) is 8.39. The Bertz CT molecular complexity index is 332. The molecule has 0 bridgehead atoms. The average Bonchev–Trinajstić information content (AvgIpc) is 2.34. The summed E-state index contributed by atoms with van der Waals surface area (Å²) < 4.78 is 5.94.